The van der Waals surface area contributed by atoms with Crippen LogP contribution in [0, 0.1) is 5.92 Å². The molecule has 4 nitrogen and oxygen atoms in total. The van der Waals surface area contributed by atoms with E-state index >= 15 is 0 Å². The molecule has 19 heavy (non-hydrogen) atoms. The highest BCUT2D eigenvalue weighted by molar-refractivity contribution is 5.89. The van der Waals surface area contributed by atoms with Crippen LogP contribution in [0.15, 0.2) is 24.3 Å². The van der Waals surface area contributed by atoms with E-state index in [9.17, 15) is 4.79 Å². The SMILES string of the molecule is COC(=O)c1ccc(COCC2CCNC2)cc1.Cl. The standard InChI is InChI=1S/C14H19NO3.ClH/c1-17-14(16)13-4-2-11(3-5-13)9-18-10-12-6-7-15-8-12;/h2-5,12,15H,6-10H2,1H3;1H. The molecule has 0 spiro atoms. The van der Waals surface area contributed by atoms with Crippen molar-refractivity contribution < 1.29 is 14.3 Å². The minimum Gasteiger partial charge on any atom is -0.465 e. The smallest absolute Gasteiger partial charge is 0.337 e. The van der Waals surface area contributed by atoms with Crippen molar-refractivity contribution in [2.45, 2.75) is 13.0 Å². The lowest BCUT2D eigenvalue weighted by molar-refractivity contribution is 0.0600. The number of esters is 1. The molecule has 2 rings (SSSR count). The fraction of sp³-hybridized carbons (Fsp3) is 0.500. The molecule has 1 atom stereocenters. The van der Waals surface area contributed by atoms with Gasteiger partial charge in [0.25, 0.3) is 0 Å². The predicted octanol–water partition coefficient (Wildman–Crippen LogP) is 2.02. The summed E-state index contributed by atoms with van der Waals surface area (Å²) < 4.78 is 10.3. The van der Waals surface area contributed by atoms with Gasteiger partial charge in [0.1, 0.15) is 0 Å². The molecule has 106 valence electrons. The van der Waals surface area contributed by atoms with Gasteiger partial charge in [-0.15, -0.1) is 12.4 Å². The van der Waals surface area contributed by atoms with Crippen LogP contribution in [0.4, 0.5) is 0 Å². The Bertz CT molecular complexity index is 388. The van der Waals surface area contributed by atoms with Crippen LogP contribution < -0.4 is 5.32 Å². The number of hydrogen-bond acceptors (Lipinski definition) is 4. The summed E-state index contributed by atoms with van der Waals surface area (Å²) in [4.78, 5) is 11.3. The summed E-state index contributed by atoms with van der Waals surface area (Å²) in [5.41, 5.74) is 1.65. The Hall–Kier alpha value is -1.10. The molecule has 0 aromatic heterocycles. The molecule has 1 N–H and O–H groups in total. The van der Waals surface area contributed by atoms with E-state index in [2.05, 4.69) is 10.1 Å². The van der Waals surface area contributed by atoms with Gasteiger partial charge >= 0.3 is 5.97 Å². The summed E-state index contributed by atoms with van der Waals surface area (Å²) in [5.74, 6) is 0.332. The molecule has 0 saturated carbocycles. The molecule has 1 saturated heterocycles. The van der Waals surface area contributed by atoms with Gasteiger partial charge in [-0.2, -0.15) is 0 Å². The number of nitrogens with one attached hydrogen (secondary N) is 1. The number of carbonyl (C=O) groups excluding carboxylic acids is 1. The van der Waals surface area contributed by atoms with E-state index < -0.39 is 0 Å². The topological polar surface area (TPSA) is 47.6 Å². The molecule has 1 fully saturated rings. The molecule has 1 aromatic carbocycles. The summed E-state index contributed by atoms with van der Waals surface area (Å²) >= 11 is 0. The molecule has 0 aliphatic carbocycles. The molecule has 1 aliphatic heterocycles. The number of halogens is 1. The Kier molecular flexibility index (Phi) is 6.84. The van der Waals surface area contributed by atoms with Gasteiger partial charge in [-0.25, -0.2) is 4.79 Å². The second-order valence-corrected chi connectivity index (χ2v) is 4.56. The quantitative estimate of drug-likeness (QED) is 0.841. The molecule has 0 bridgehead atoms. The van der Waals surface area contributed by atoms with Gasteiger partial charge in [0.15, 0.2) is 0 Å². The van der Waals surface area contributed by atoms with Crippen molar-refractivity contribution in [3.05, 3.63) is 35.4 Å². The highest BCUT2D eigenvalue weighted by atomic mass is 35.5. The zero-order chi connectivity index (χ0) is 12.8. The Morgan fingerprint density at radius 1 is 1.37 bits per heavy atom. The van der Waals surface area contributed by atoms with Crippen molar-refractivity contribution >= 4 is 18.4 Å². The van der Waals surface area contributed by atoms with Crippen LogP contribution in [0.25, 0.3) is 0 Å². The van der Waals surface area contributed by atoms with Gasteiger partial charge in [0.05, 0.1) is 25.9 Å². The van der Waals surface area contributed by atoms with E-state index in [1.807, 2.05) is 12.1 Å². The average molecular weight is 286 g/mol. The van der Waals surface area contributed by atoms with E-state index in [0.29, 0.717) is 18.1 Å². The van der Waals surface area contributed by atoms with Gasteiger partial charge in [-0.1, -0.05) is 12.1 Å². The summed E-state index contributed by atoms with van der Waals surface area (Å²) in [6.07, 6.45) is 1.20. The molecular weight excluding hydrogens is 266 g/mol. The number of carbonyl (C=O) groups is 1. The third kappa shape index (κ3) is 4.82. The summed E-state index contributed by atoms with van der Waals surface area (Å²) in [7, 11) is 1.38. The van der Waals surface area contributed by atoms with Gasteiger partial charge < -0.3 is 14.8 Å². The van der Waals surface area contributed by atoms with Crippen LogP contribution in [-0.2, 0) is 16.1 Å². The fourth-order valence-corrected chi connectivity index (χ4v) is 2.06. The van der Waals surface area contributed by atoms with Crippen molar-refractivity contribution in [3.63, 3.8) is 0 Å². The van der Waals surface area contributed by atoms with Gasteiger partial charge in [-0.3, -0.25) is 0 Å². The Balaban J connectivity index is 0.00000180. The summed E-state index contributed by atoms with van der Waals surface area (Å²) in [5, 5.41) is 3.32. The maximum Gasteiger partial charge on any atom is 0.337 e. The molecule has 1 aliphatic rings. The lowest BCUT2D eigenvalue weighted by atomic mass is 10.1. The van der Waals surface area contributed by atoms with Crippen LogP contribution in [0.5, 0.6) is 0 Å². The van der Waals surface area contributed by atoms with Crippen molar-refractivity contribution in [1.82, 2.24) is 5.32 Å². The average Bonchev–Trinajstić information content (AvgIpc) is 2.92. The highest BCUT2D eigenvalue weighted by Crippen LogP contribution is 2.11. The molecule has 0 amide bonds. The van der Waals surface area contributed by atoms with Crippen molar-refractivity contribution in [1.29, 1.82) is 0 Å². The first kappa shape index (κ1) is 16.0. The van der Waals surface area contributed by atoms with E-state index in [4.69, 9.17) is 4.74 Å². The Morgan fingerprint density at radius 2 is 2.11 bits per heavy atom. The van der Waals surface area contributed by atoms with Gasteiger partial charge in [-0.05, 0) is 36.6 Å². The second-order valence-electron chi connectivity index (χ2n) is 4.56. The van der Waals surface area contributed by atoms with Crippen LogP contribution in [0.3, 0.4) is 0 Å². The summed E-state index contributed by atoms with van der Waals surface area (Å²) in [6, 6.07) is 7.33. The Morgan fingerprint density at radius 3 is 2.68 bits per heavy atom. The lowest BCUT2D eigenvalue weighted by Gasteiger charge is -2.09. The fourth-order valence-electron chi connectivity index (χ4n) is 2.06. The molecular formula is C14H20ClNO3. The van der Waals surface area contributed by atoms with Crippen molar-refractivity contribution in [2.24, 2.45) is 5.92 Å². The van der Waals surface area contributed by atoms with Crippen LogP contribution in [-0.4, -0.2) is 32.8 Å². The molecule has 1 aromatic rings. The molecule has 0 radical (unpaired) electrons. The number of ether oxygens (including phenoxy) is 2. The van der Waals surface area contributed by atoms with E-state index in [1.165, 1.54) is 13.5 Å². The highest BCUT2D eigenvalue weighted by Gasteiger charge is 2.14. The molecule has 5 heteroatoms. The largest absolute Gasteiger partial charge is 0.465 e. The lowest BCUT2D eigenvalue weighted by Crippen LogP contribution is -2.13. The van der Waals surface area contributed by atoms with Gasteiger partial charge in [0.2, 0.25) is 0 Å². The molecule has 1 unspecified atom stereocenters. The van der Waals surface area contributed by atoms with Crippen molar-refractivity contribution in [3.8, 4) is 0 Å². The predicted molar refractivity (Wildman–Crippen MR) is 75.7 cm³/mol. The van der Waals surface area contributed by atoms with Crippen molar-refractivity contribution in [2.75, 3.05) is 26.8 Å². The first-order valence-electron chi connectivity index (χ1n) is 6.25. The number of rotatable bonds is 5. The third-order valence-electron chi connectivity index (χ3n) is 3.16. The normalized spacial score (nSPS) is 17.8. The first-order valence-corrected chi connectivity index (χ1v) is 6.25. The number of hydrogen-bond donors (Lipinski definition) is 1. The maximum absolute atomic E-state index is 11.3. The van der Waals surface area contributed by atoms with Crippen LogP contribution in [0.2, 0.25) is 0 Å². The van der Waals surface area contributed by atoms with Crippen LogP contribution >= 0.6 is 12.4 Å². The minimum absolute atomic E-state index is 0. The Labute approximate surface area is 119 Å². The third-order valence-corrected chi connectivity index (χ3v) is 3.16. The monoisotopic (exact) mass is 285 g/mol. The number of methoxy groups -OCH3 is 1. The first-order chi connectivity index (χ1) is 8.79. The molecule has 1 heterocycles. The number of benzene rings is 1. The van der Waals surface area contributed by atoms with Crippen LogP contribution in [0.1, 0.15) is 22.3 Å². The van der Waals surface area contributed by atoms with E-state index in [1.54, 1.807) is 12.1 Å². The van der Waals surface area contributed by atoms with E-state index in [0.717, 1.165) is 25.3 Å². The minimum atomic E-state index is -0.306. The maximum atomic E-state index is 11.3. The summed E-state index contributed by atoms with van der Waals surface area (Å²) in [6.45, 7) is 3.55. The zero-order valence-electron chi connectivity index (χ0n) is 11.1. The van der Waals surface area contributed by atoms with Gasteiger partial charge in [0, 0.05) is 6.54 Å². The van der Waals surface area contributed by atoms with E-state index in [-0.39, 0.29) is 18.4 Å². The second kappa shape index (κ2) is 8.15. The zero-order valence-corrected chi connectivity index (χ0v) is 11.9.